The minimum absolute atomic E-state index is 0.0371. The second kappa shape index (κ2) is 8.19. The van der Waals surface area contributed by atoms with Crippen molar-refractivity contribution in [2.45, 2.75) is 38.4 Å². The molecule has 0 N–H and O–H groups in total. The second-order valence-corrected chi connectivity index (χ2v) is 7.72. The average molecular weight is 377 g/mol. The lowest BCUT2D eigenvalue weighted by atomic mass is 9.87. The average Bonchev–Trinajstić information content (AvgIpc) is 2.73. The van der Waals surface area contributed by atoms with Crippen molar-refractivity contribution >= 4 is 5.91 Å². The van der Waals surface area contributed by atoms with Crippen LogP contribution in [0.3, 0.4) is 0 Å². The molecule has 4 rings (SSSR count). The van der Waals surface area contributed by atoms with Gasteiger partial charge in [0.1, 0.15) is 12.4 Å². The summed E-state index contributed by atoms with van der Waals surface area (Å²) >= 11 is 0. The zero-order valence-corrected chi connectivity index (χ0v) is 16.4. The van der Waals surface area contributed by atoms with Gasteiger partial charge in [-0.3, -0.25) is 4.79 Å². The second-order valence-electron chi connectivity index (χ2n) is 7.72. The van der Waals surface area contributed by atoms with E-state index < -0.39 is 0 Å². The highest BCUT2D eigenvalue weighted by Crippen LogP contribution is 2.34. The quantitative estimate of drug-likeness (QED) is 0.731. The minimum atomic E-state index is -0.178. The van der Waals surface area contributed by atoms with Crippen LogP contribution in [-0.2, 0) is 11.3 Å². The van der Waals surface area contributed by atoms with Gasteiger partial charge < -0.3 is 14.4 Å². The lowest BCUT2D eigenvalue weighted by Gasteiger charge is -2.42. The maximum Gasteiger partial charge on any atom is 0.257 e. The van der Waals surface area contributed by atoms with Crippen LogP contribution in [0.2, 0.25) is 0 Å². The fourth-order valence-electron chi connectivity index (χ4n) is 4.03. The Morgan fingerprint density at radius 1 is 1.07 bits per heavy atom. The Bertz CT molecular complexity index is 851. The van der Waals surface area contributed by atoms with E-state index in [0.29, 0.717) is 31.0 Å². The number of hydrogen-bond donors (Lipinski definition) is 0. The third kappa shape index (κ3) is 4.12. The van der Waals surface area contributed by atoms with E-state index in [9.17, 15) is 4.79 Å². The molecule has 0 radical (unpaired) electrons. The molecule has 1 spiro atoms. The summed E-state index contributed by atoms with van der Waals surface area (Å²) in [5, 5.41) is 0. The summed E-state index contributed by atoms with van der Waals surface area (Å²) in [6.07, 6.45) is 4.98. The van der Waals surface area contributed by atoms with Gasteiger partial charge in [-0.25, -0.2) is 0 Å². The molecule has 4 heteroatoms. The van der Waals surface area contributed by atoms with E-state index in [1.165, 1.54) is 5.57 Å². The van der Waals surface area contributed by atoms with Crippen molar-refractivity contribution in [1.29, 1.82) is 0 Å². The molecule has 1 amide bonds. The van der Waals surface area contributed by atoms with Crippen molar-refractivity contribution in [1.82, 2.24) is 4.90 Å². The van der Waals surface area contributed by atoms with Crippen molar-refractivity contribution in [3.8, 4) is 5.75 Å². The van der Waals surface area contributed by atoms with E-state index in [4.69, 9.17) is 9.47 Å². The molecular weight excluding hydrogens is 350 g/mol. The number of para-hydroxylation sites is 1. The molecule has 2 heterocycles. The number of benzene rings is 2. The van der Waals surface area contributed by atoms with E-state index >= 15 is 0 Å². The van der Waals surface area contributed by atoms with Gasteiger partial charge in [0.2, 0.25) is 0 Å². The van der Waals surface area contributed by atoms with Crippen LogP contribution in [0.1, 0.15) is 42.1 Å². The van der Waals surface area contributed by atoms with Crippen LogP contribution in [0.5, 0.6) is 5.75 Å². The Balaban J connectivity index is 1.43. The van der Waals surface area contributed by atoms with Gasteiger partial charge >= 0.3 is 0 Å². The maximum atomic E-state index is 13.2. The molecule has 2 aromatic rings. The highest BCUT2D eigenvalue weighted by atomic mass is 16.5. The van der Waals surface area contributed by atoms with E-state index in [1.54, 1.807) is 0 Å². The molecule has 0 atom stereocenters. The van der Waals surface area contributed by atoms with Crippen LogP contribution >= 0.6 is 0 Å². The Hall–Kier alpha value is -2.59. The van der Waals surface area contributed by atoms with Crippen LogP contribution in [-0.4, -0.2) is 36.1 Å². The molecule has 146 valence electrons. The molecule has 0 aliphatic carbocycles. The van der Waals surface area contributed by atoms with Gasteiger partial charge in [0.05, 0.1) is 17.8 Å². The summed E-state index contributed by atoms with van der Waals surface area (Å²) in [6.45, 7) is 4.81. The highest BCUT2D eigenvalue weighted by Gasteiger charge is 2.37. The monoisotopic (exact) mass is 377 g/mol. The minimum Gasteiger partial charge on any atom is -0.488 e. The maximum absolute atomic E-state index is 13.2. The van der Waals surface area contributed by atoms with E-state index in [1.807, 2.05) is 59.5 Å². The van der Waals surface area contributed by atoms with Crippen molar-refractivity contribution in [2.75, 3.05) is 19.7 Å². The Kier molecular flexibility index (Phi) is 5.49. The fourth-order valence-corrected chi connectivity index (χ4v) is 4.03. The summed E-state index contributed by atoms with van der Waals surface area (Å²) in [5.41, 5.74) is 2.93. The summed E-state index contributed by atoms with van der Waals surface area (Å²) in [6, 6.07) is 17.5. The van der Waals surface area contributed by atoms with Gasteiger partial charge in [-0.2, -0.15) is 0 Å². The van der Waals surface area contributed by atoms with Crippen molar-refractivity contribution in [3.63, 3.8) is 0 Å². The number of nitrogens with zero attached hydrogens (tertiary/aromatic N) is 1. The van der Waals surface area contributed by atoms with Gasteiger partial charge in [0.15, 0.2) is 0 Å². The summed E-state index contributed by atoms with van der Waals surface area (Å²) in [5.74, 6) is 0.677. The summed E-state index contributed by atoms with van der Waals surface area (Å²) in [4.78, 5) is 15.1. The molecule has 2 aromatic carbocycles. The molecule has 0 aromatic heterocycles. The number of hydrogen-bond acceptors (Lipinski definition) is 3. The van der Waals surface area contributed by atoms with Gasteiger partial charge in [-0.1, -0.05) is 54.1 Å². The number of carbonyl (C=O) groups excluding carboxylic acids is 1. The number of piperidine rings is 1. The van der Waals surface area contributed by atoms with Crippen molar-refractivity contribution in [3.05, 3.63) is 77.4 Å². The number of amides is 1. The molecule has 2 aliphatic rings. The molecule has 28 heavy (non-hydrogen) atoms. The normalized spacial score (nSPS) is 18.6. The fraction of sp³-hybridized carbons (Fsp3) is 0.375. The van der Waals surface area contributed by atoms with Crippen LogP contribution in [0.25, 0.3) is 0 Å². The first kappa shape index (κ1) is 18.8. The molecule has 1 fully saturated rings. The largest absolute Gasteiger partial charge is 0.488 e. The molecule has 2 aliphatic heterocycles. The number of likely N-dealkylation sites (tertiary alicyclic amines) is 1. The predicted molar refractivity (Wildman–Crippen MR) is 109 cm³/mol. The molecule has 0 unspecified atom stereocenters. The molecule has 0 bridgehead atoms. The summed E-state index contributed by atoms with van der Waals surface area (Å²) < 4.78 is 12.1. The summed E-state index contributed by atoms with van der Waals surface area (Å²) in [7, 11) is 0. The van der Waals surface area contributed by atoms with E-state index in [2.05, 4.69) is 13.0 Å². The van der Waals surface area contributed by atoms with E-state index in [0.717, 1.165) is 31.4 Å². The topological polar surface area (TPSA) is 38.8 Å². The third-order valence-electron chi connectivity index (χ3n) is 5.65. The van der Waals surface area contributed by atoms with Crippen LogP contribution < -0.4 is 4.74 Å². The Morgan fingerprint density at radius 3 is 2.54 bits per heavy atom. The first-order valence-electron chi connectivity index (χ1n) is 10.0. The SMILES string of the molecule is CC1=CC2(CCN(C(=O)c3ccccc3OCc3ccccc3)CC2)OCC1. The zero-order chi connectivity index (χ0) is 19.4. The molecule has 0 saturated carbocycles. The zero-order valence-electron chi connectivity index (χ0n) is 16.4. The van der Waals surface area contributed by atoms with Gasteiger partial charge in [0, 0.05) is 13.1 Å². The number of rotatable bonds is 4. The van der Waals surface area contributed by atoms with Crippen molar-refractivity contribution < 1.29 is 14.3 Å². The van der Waals surface area contributed by atoms with E-state index in [-0.39, 0.29) is 11.5 Å². The standard InChI is InChI=1S/C24H27NO3/c1-19-11-16-28-24(17-19)12-14-25(15-13-24)23(26)21-9-5-6-10-22(21)27-18-20-7-3-2-4-8-20/h2-10,17H,11-16,18H2,1H3. The number of ether oxygens (including phenoxy) is 2. The third-order valence-corrected chi connectivity index (χ3v) is 5.65. The predicted octanol–water partition coefficient (Wildman–Crippen LogP) is 4.61. The van der Waals surface area contributed by atoms with Crippen LogP contribution in [0.15, 0.2) is 66.2 Å². The molecular formula is C24H27NO3. The van der Waals surface area contributed by atoms with Gasteiger partial charge in [-0.15, -0.1) is 0 Å². The Morgan fingerprint density at radius 2 is 1.79 bits per heavy atom. The van der Waals surface area contributed by atoms with Crippen LogP contribution in [0, 0.1) is 0 Å². The molecule has 1 saturated heterocycles. The smallest absolute Gasteiger partial charge is 0.257 e. The van der Waals surface area contributed by atoms with Crippen molar-refractivity contribution in [2.24, 2.45) is 0 Å². The first-order chi connectivity index (χ1) is 13.7. The van der Waals surface area contributed by atoms with Gasteiger partial charge in [-0.05, 0) is 43.9 Å². The first-order valence-corrected chi connectivity index (χ1v) is 10.0. The lowest BCUT2D eigenvalue weighted by Crippen LogP contribution is -2.48. The highest BCUT2D eigenvalue weighted by molar-refractivity contribution is 5.97. The Labute approximate surface area is 166 Å². The number of carbonyl (C=O) groups is 1. The van der Waals surface area contributed by atoms with Crippen LogP contribution in [0.4, 0.5) is 0 Å². The van der Waals surface area contributed by atoms with Gasteiger partial charge in [0.25, 0.3) is 5.91 Å². The molecule has 4 nitrogen and oxygen atoms in total. The lowest BCUT2D eigenvalue weighted by molar-refractivity contribution is -0.0522.